The van der Waals surface area contributed by atoms with Crippen molar-refractivity contribution < 1.29 is 17.9 Å². The predicted octanol–water partition coefficient (Wildman–Crippen LogP) is 4.00. The molecule has 0 radical (unpaired) electrons. The number of nitrogens with one attached hydrogen (secondary N) is 2. The van der Waals surface area contributed by atoms with E-state index in [0.29, 0.717) is 43.0 Å². The van der Waals surface area contributed by atoms with Gasteiger partial charge < -0.3 is 20.3 Å². The Kier molecular flexibility index (Phi) is 5.17. The van der Waals surface area contributed by atoms with E-state index < -0.39 is 11.7 Å². The van der Waals surface area contributed by atoms with E-state index in [4.69, 9.17) is 4.74 Å². The van der Waals surface area contributed by atoms with Crippen LogP contribution in [-0.4, -0.2) is 65.2 Å². The summed E-state index contributed by atoms with van der Waals surface area (Å²) < 4.78 is 47.8. The highest BCUT2D eigenvalue weighted by molar-refractivity contribution is 5.68. The van der Waals surface area contributed by atoms with Gasteiger partial charge in [0.25, 0.3) is 0 Å². The van der Waals surface area contributed by atoms with Gasteiger partial charge in [-0.15, -0.1) is 0 Å². The summed E-state index contributed by atoms with van der Waals surface area (Å²) in [6.45, 7) is 2.62. The Balaban J connectivity index is 1.27. The zero-order chi connectivity index (χ0) is 24.2. The molecule has 2 N–H and O–H groups in total. The number of piperazine rings is 1. The molecule has 2 unspecified atom stereocenters. The number of alkyl halides is 3. The summed E-state index contributed by atoms with van der Waals surface area (Å²) in [6, 6.07) is 8.29. The highest BCUT2D eigenvalue weighted by Crippen LogP contribution is 2.43. The minimum Gasteiger partial charge on any atom is -0.488 e. The van der Waals surface area contributed by atoms with Crippen molar-refractivity contribution in [2.24, 2.45) is 0 Å². The van der Waals surface area contributed by atoms with Gasteiger partial charge in [0, 0.05) is 54.5 Å². The number of likely N-dealkylation sites (tertiary alicyclic amines) is 1. The van der Waals surface area contributed by atoms with Gasteiger partial charge in [0.05, 0.1) is 17.8 Å². The summed E-state index contributed by atoms with van der Waals surface area (Å²) in [5.41, 5.74) is 1.15. The van der Waals surface area contributed by atoms with Crippen LogP contribution in [0.5, 0.6) is 5.75 Å². The number of aromatic nitrogens is 3. The molecular formula is C24H24F3N7O. The highest BCUT2D eigenvalue weighted by Gasteiger charge is 2.44. The lowest BCUT2D eigenvalue weighted by Gasteiger charge is -2.35. The fourth-order valence-electron chi connectivity index (χ4n) is 5.12. The molecule has 182 valence electrons. The molecule has 1 aromatic carbocycles. The first-order valence-electron chi connectivity index (χ1n) is 11.5. The summed E-state index contributed by atoms with van der Waals surface area (Å²) in [4.78, 5) is 17.2. The Morgan fingerprint density at radius 3 is 2.77 bits per heavy atom. The first-order chi connectivity index (χ1) is 16.8. The zero-order valence-electron chi connectivity index (χ0n) is 19.0. The van der Waals surface area contributed by atoms with E-state index in [2.05, 4.69) is 30.5 Å². The second-order valence-corrected chi connectivity index (χ2v) is 9.10. The molecule has 8 nitrogen and oxygen atoms in total. The number of rotatable bonds is 4. The number of pyridine rings is 1. The van der Waals surface area contributed by atoms with Crippen LogP contribution < -0.4 is 20.3 Å². The zero-order valence-corrected chi connectivity index (χ0v) is 19.0. The maximum absolute atomic E-state index is 14.0. The summed E-state index contributed by atoms with van der Waals surface area (Å²) >= 11 is 0. The lowest BCUT2D eigenvalue weighted by atomic mass is 10.1. The van der Waals surface area contributed by atoms with E-state index in [1.165, 1.54) is 0 Å². The molecule has 0 amide bonds. The average molecular weight is 483 g/mol. The molecule has 3 aliphatic rings. The third-order valence-corrected chi connectivity index (χ3v) is 6.84. The first-order valence-corrected chi connectivity index (χ1v) is 11.5. The van der Waals surface area contributed by atoms with Crippen LogP contribution in [0.3, 0.4) is 0 Å². The van der Waals surface area contributed by atoms with Crippen molar-refractivity contribution in [2.45, 2.75) is 24.7 Å². The van der Waals surface area contributed by atoms with Crippen molar-refractivity contribution >= 4 is 23.1 Å². The van der Waals surface area contributed by atoms with Crippen LogP contribution in [0.4, 0.5) is 36.3 Å². The van der Waals surface area contributed by atoms with Gasteiger partial charge in [0.2, 0.25) is 5.95 Å². The van der Waals surface area contributed by atoms with E-state index in [1.54, 1.807) is 30.6 Å². The van der Waals surface area contributed by atoms with Gasteiger partial charge >= 0.3 is 6.18 Å². The van der Waals surface area contributed by atoms with E-state index in [-0.39, 0.29) is 23.4 Å². The van der Waals surface area contributed by atoms with Crippen molar-refractivity contribution in [1.29, 1.82) is 0 Å². The van der Waals surface area contributed by atoms with Gasteiger partial charge in [-0.25, -0.2) is 15.0 Å². The molecule has 2 saturated heterocycles. The van der Waals surface area contributed by atoms with Crippen LogP contribution >= 0.6 is 0 Å². The largest absolute Gasteiger partial charge is 0.488 e. The van der Waals surface area contributed by atoms with Crippen LogP contribution in [0.1, 0.15) is 12.0 Å². The minimum atomic E-state index is -4.48. The molecule has 2 aromatic heterocycles. The predicted molar refractivity (Wildman–Crippen MR) is 126 cm³/mol. The number of hydrogen-bond acceptors (Lipinski definition) is 8. The van der Waals surface area contributed by atoms with E-state index in [9.17, 15) is 13.2 Å². The van der Waals surface area contributed by atoms with Gasteiger partial charge in [-0.1, -0.05) is 0 Å². The number of anilines is 4. The summed E-state index contributed by atoms with van der Waals surface area (Å²) in [7, 11) is 2.03. The Morgan fingerprint density at radius 2 is 2.00 bits per heavy atom. The van der Waals surface area contributed by atoms with Crippen LogP contribution in [0.15, 0.2) is 42.7 Å². The fraction of sp³-hybridized carbons (Fsp3) is 0.375. The second-order valence-electron chi connectivity index (χ2n) is 9.10. The van der Waals surface area contributed by atoms with Crippen molar-refractivity contribution in [3.05, 3.63) is 48.3 Å². The molecule has 6 rings (SSSR count). The monoisotopic (exact) mass is 483 g/mol. The lowest BCUT2D eigenvalue weighted by molar-refractivity contribution is -0.137. The van der Waals surface area contributed by atoms with Crippen LogP contribution in [0.2, 0.25) is 0 Å². The fourth-order valence-corrected chi connectivity index (χ4v) is 5.12. The standard InChI is InChI=1S/C24H24F3N7O/c1-33-12-17-10-16(33)13-34(17)20-3-2-15(9-18(20)24(25,26)27)31-23-29-5-4-19(32-23)14-8-21-22(30-11-14)28-6-7-35-21/h2-5,8-9,11,16-17H,6-7,10,12-13H2,1H3,(H,28,30)(H,29,31,32). The number of likely N-dealkylation sites (N-methyl/N-ethyl adjacent to an activating group) is 1. The Hall–Kier alpha value is -3.60. The quantitative estimate of drug-likeness (QED) is 0.577. The minimum absolute atomic E-state index is 0.106. The molecule has 2 fully saturated rings. The second kappa shape index (κ2) is 8.26. The number of fused-ring (bicyclic) bond motifs is 3. The van der Waals surface area contributed by atoms with E-state index in [0.717, 1.165) is 24.6 Å². The number of nitrogens with zero attached hydrogens (tertiary/aromatic N) is 5. The Morgan fingerprint density at radius 1 is 1.11 bits per heavy atom. The SMILES string of the molecule is CN1CC2CC1CN2c1ccc(Nc2nccc(-c3cnc4c(c3)OCCN4)n2)cc1C(F)(F)F. The number of hydrogen-bond donors (Lipinski definition) is 2. The summed E-state index contributed by atoms with van der Waals surface area (Å²) in [6.07, 6.45) is -0.358. The molecule has 5 heterocycles. The molecule has 0 aliphatic carbocycles. The van der Waals surface area contributed by atoms with Gasteiger partial charge in [-0.05, 0) is 43.8 Å². The molecule has 3 aliphatic heterocycles. The van der Waals surface area contributed by atoms with Gasteiger partial charge in [-0.2, -0.15) is 13.2 Å². The van der Waals surface area contributed by atoms with Crippen LogP contribution in [0.25, 0.3) is 11.3 Å². The normalized spacial score (nSPS) is 21.4. The molecule has 11 heteroatoms. The molecule has 0 saturated carbocycles. The Bertz CT molecular complexity index is 1270. The van der Waals surface area contributed by atoms with Crippen molar-refractivity contribution in [3.8, 4) is 17.0 Å². The van der Waals surface area contributed by atoms with Crippen LogP contribution in [-0.2, 0) is 6.18 Å². The van der Waals surface area contributed by atoms with Gasteiger partial charge in [0.15, 0.2) is 11.6 Å². The third-order valence-electron chi connectivity index (χ3n) is 6.84. The van der Waals surface area contributed by atoms with Crippen molar-refractivity contribution in [3.63, 3.8) is 0 Å². The van der Waals surface area contributed by atoms with Crippen LogP contribution in [0, 0.1) is 0 Å². The maximum atomic E-state index is 14.0. The van der Waals surface area contributed by atoms with E-state index in [1.807, 2.05) is 18.0 Å². The third kappa shape index (κ3) is 4.09. The maximum Gasteiger partial charge on any atom is 0.418 e. The van der Waals surface area contributed by atoms with Gasteiger partial charge in [0.1, 0.15) is 6.61 Å². The lowest BCUT2D eigenvalue weighted by Crippen LogP contribution is -2.45. The first kappa shape index (κ1) is 21.9. The Labute approximate surface area is 200 Å². The number of ether oxygens (including phenoxy) is 1. The molecule has 2 bridgehead atoms. The van der Waals surface area contributed by atoms with Gasteiger partial charge in [-0.3, -0.25) is 4.90 Å². The molecule has 3 aromatic rings. The number of halogens is 3. The summed E-state index contributed by atoms with van der Waals surface area (Å²) in [5, 5.41) is 6.09. The number of benzene rings is 1. The van der Waals surface area contributed by atoms with E-state index >= 15 is 0 Å². The average Bonchev–Trinajstić information content (AvgIpc) is 3.43. The topological polar surface area (TPSA) is 78.4 Å². The highest BCUT2D eigenvalue weighted by atomic mass is 19.4. The van der Waals surface area contributed by atoms with Crippen molar-refractivity contribution in [1.82, 2.24) is 19.9 Å². The smallest absolute Gasteiger partial charge is 0.418 e. The van der Waals surface area contributed by atoms with Crippen molar-refractivity contribution in [2.75, 3.05) is 48.8 Å². The molecule has 35 heavy (non-hydrogen) atoms. The summed E-state index contributed by atoms with van der Waals surface area (Å²) in [5.74, 6) is 1.50. The molecule has 0 spiro atoms. The molecule has 2 atom stereocenters. The molecular weight excluding hydrogens is 459 g/mol.